The molecule has 0 saturated heterocycles. The third-order valence-electron chi connectivity index (χ3n) is 5.31. The van der Waals surface area contributed by atoms with E-state index < -0.39 is 0 Å². The molecule has 0 atom stereocenters. The Morgan fingerprint density at radius 1 is 0.867 bits per heavy atom. The summed E-state index contributed by atoms with van der Waals surface area (Å²) in [5.74, 6) is 0.967. The molecule has 3 aromatic carbocycles. The minimum atomic E-state index is 0. The van der Waals surface area contributed by atoms with Crippen molar-refractivity contribution in [2.75, 3.05) is 26.2 Å². The first kappa shape index (κ1) is 26.3. The van der Waals surface area contributed by atoms with Crippen LogP contribution in [0, 0.1) is 6.92 Å². The number of hydrogen-bond donors (Lipinski definition) is 1. The van der Waals surface area contributed by atoms with Gasteiger partial charge in [0.2, 0.25) is 0 Å². The van der Waals surface area contributed by atoms with Gasteiger partial charge in [-0.2, -0.15) is 0 Å². The quantitative estimate of drug-likeness (QED) is 0.384. The molecule has 1 N–H and O–H groups in total. The van der Waals surface area contributed by atoms with E-state index in [4.69, 9.17) is 4.74 Å². The van der Waals surface area contributed by atoms with Crippen molar-refractivity contribution in [2.24, 2.45) is 0 Å². The molecule has 164 valence electrons. The standard InChI is InChI=1S/C25H32N2O.2ClH/c1-4-27(5-2)17-16-26-18-24-23-9-7-6-8-22(23)14-15-25(24)28-19-21-12-10-20(3)11-13-21;;/h6-15,26H,4-5,16-19H2,1-3H3;2*1H. The molecule has 0 aliphatic heterocycles. The average Bonchev–Trinajstić information content (AvgIpc) is 2.74. The SMILES string of the molecule is CCN(CC)CCNCc1c(OCc2ccc(C)cc2)ccc2ccccc12.Cl.Cl. The van der Waals surface area contributed by atoms with Gasteiger partial charge in [0, 0.05) is 25.2 Å². The summed E-state index contributed by atoms with van der Waals surface area (Å²) in [4.78, 5) is 2.44. The van der Waals surface area contributed by atoms with E-state index in [2.05, 4.69) is 91.7 Å². The van der Waals surface area contributed by atoms with Gasteiger partial charge in [0.15, 0.2) is 0 Å². The second kappa shape index (κ2) is 13.5. The second-order valence-corrected chi connectivity index (χ2v) is 7.24. The maximum absolute atomic E-state index is 6.24. The Labute approximate surface area is 193 Å². The molecule has 0 aromatic heterocycles. The van der Waals surface area contributed by atoms with E-state index in [1.807, 2.05) is 0 Å². The van der Waals surface area contributed by atoms with Crippen LogP contribution in [0.3, 0.4) is 0 Å². The molecule has 3 rings (SSSR count). The topological polar surface area (TPSA) is 24.5 Å². The van der Waals surface area contributed by atoms with Crippen molar-refractivity contribution >= 4 is 35.6 Å². The van der Waals surface area contributed by atoms with E-state index in [1.54, 1.807) is 0 Å². The van der Waals surface area contributed by atoms with Crippen molar-refractivity contribution in [3.63, 3.8) is 0 Å². The smallest absolute Gasteiger partial charge is 0.124 e. The van der Waals surface area contributed by atoms with Gasteiger partial charge >= 0.3 is 0 Å². The minimum Gasteiger partial charge on any atom is -0.489 e. The summed E-state index contributed by atoms with van der Waals surface area (Å²) in [7, 11) is 0. The molecule has 0 aliphatic rings. The number of fused-ring (bicyclic) bond motifs is 1. The first-order chi connectivity index (χ1) is 13.7. The molecule has 0 heterocycles. The monoisotopic (exact) mass is 448 g/mol. The van der Waals surface area contributed by atoms with Crippen LogP contribution in [0.25, 0.3) is 10.8 Å². The summed E-state index contributed by atoms with van der Waals surface area (Å²) in [6.07, 6.45) is 0. The molecule has 0 spiro atoms. The molecule has 0 fully saturated rings. The molecule has 5 heteroatoms. The molecule has 0 bridgehead atoms. The zero-order chi connectivity index (χ0) is 19.8. The Morgan fingerprint density at radius 2 is 1.57 bits per heavy atom. The Bertz CT molecular complexity index is 880. The van der Waals surface area contributed by atoms with Crippen LogP contribution in [0.15, 0.2) is 60.7 Å². The van der Waals surface area contributed by atoms with Crippen LogP contribution in [0.1, 0.15) is 30.5 Å². The van der Waals surface area contributed by atoms with Crippen LogP contribution in [-0.2, 0) is 13.2 Å². The highest BCUT2D eigenvalue weighted by Crippen LogP contribution is 2.28. The Hall–Kier alpha value is -1.78. The van der Waals surface area contributed by atoms with Crippen molar-refractivity contribution in [1.29, 1.82) is 0 Å². The molecule has 3 nitrogen and oxygen atoms in total. The molecule has 30 heavy (non-hydrogen) atoms. The van der Waals surface area contributed by atoms with E-state index in [0.29, 0.717) is 6.61 Å². The number of likely N-dealkylation sites (N-methyl/N-ethyl adjacent to an activating group) is 1. The Kier molecular flexibility index (Phi) is 11.8. The minimum absolute atomic E-state index is 0. The number of benzene rings is 3. The first-order valence-electron chi connectivity index (χ1n) is 10.3. The number of nitrogens with one attached hydrogen (secondary N) is 1. The number of aryl methyl sites for hydroxylation is 1. The second-order valence-electron chi connectivity index (χ2n) is 7.24. The Morgan fingerprint density at radius 3 is 2.27 bits per heavy atom. The highest BCUT2D eigenvalue weighted by Gasteiger charge is 2.09. The van der Waals surface area contributed by atoms with Crippen LogP contribution in [0.4, 0.5) is 0 Å². The van der Waals surface area contributed by atoms with E-state index in [0.717, 1.165) is 38.5 Å². The van der Waals surface area contributed by atoms with Gasteiger partial charge in [-0.1, -0.05) is 74.0 Å². The average molecular weight is 449 g/mol. The Balaban J connectivity index is 0.00000225. The van der Waals surface area contributed by atoms with Crippen molar-refractivity contribution in [1.82, 2.24) is 10.2 Å². The molecular weight excluding hydrogens is 415 g/mol. The molecule has 0 saturated carbocycles. The van der Waals surface area contributed by atoms with Crippen LogP contribution in [0.2, 0.25) is 0 Å². The summed E-state index contributed by atoms with van der Waals surface area (Å²) < 4.78 is 6.24. The molecule has 0 aliphatic carbocycles. The van der Waals surface area contributed by atoms with Crippen molar-refractivity contribution in [3.8, 4) is 5.75 Å². The molecular formula is C25H34Cl2N2O. The van der Waals surface area contributed by atoms with Crippen LogP contribution in [0.5, 0.6) is 5.75 Å². The fourth-order valence-electron chi connectivity index (χ4n) is 3.47. The third-order valence-corrected chi connectivity index (χ3v) is 5.31. The summed E-state index contributed by atoms with van der Waals surface area (Å²) in [6, 6.07) is 21.4. The number of hydrogen-bond acceptors (Lipinski definition) is 3. The van der Waals surface area contributed by atoms with Crippen LogP contribution < -0.4 is 10.1 Å². The zero-order valence-corrected chi connectivity index (χ0v) is 19.8. The van der Waals surface area contributed by atoms with Gasteiger partial charge in [-0.05, 0) is 42.4 Å². The fraction of sp³-hybridized carbons (Fsp3) is 0.360. The van der Waals surface area contributed by atoms with Crippen molar-refractivity contribution in [3.05, 3.63) is 77.4 Å². The van der Waals surface area contributed by atoms with E-state index in [-0.39, 0.29) is 24.8 Å². The third kappa shape index (κ3) is 7.17. The lowest BCUT2D eigenvalue weighted by molar-refractivity contribution is 0.296. The first-order valence-corrected chi connectivity index (χ1v) is 10.3. The predicted molar refractivity (Wildman–Crippen MR) is 133 cm³/mol. The highest BCUT2D eigenvalue weighted by atomic mass is 35.5. The lowest BCUT2D eigenvalue weighted by Gasteiger charge is -2.19. The lowest BCUT2D eigenvalue weighted by atomic mass is 10.0. The van der Waals surface area contributed by atoms with Crippen LogP contribution >= 0.6 is 24.8 Å². The summed E-state index contributed by atoms with van der Waals surface area (Å²) >= 11 is 0. The molecule has 0 amide bonds. The van der Waals surface area contributed by atoms with Gasteiger partial charge in [0.05, 0.1) is 0 Å². The van der Waals surface area contributed by atoms with Gasteiger partial charge in [-0.25, -0.2) is 0 Å². The van der Waals surface area contributed by atoms with Gasteiger partial charge in [0.1, 0.15) is 12.4 Å². The molecule has 0 radical (unpaired) electrons. The number of ether oxygens (including phenoxy) is 1. The van der Waals surface area contributed by atoms with E-state index in [9.17, 15) is 0 Å². The van der Waals surface area contributed by atoms with Gasteiger partial charge < -0.3 is 15.0 Å². The molecule has 3 aromatic rings. The maximum atomic E-state index is 6.24. The van der Waals surface area contributed by atoms with E-state index >= 15 is 0 Å². The predicted octanol–water partition coefficient (Wildman–Crippen LogP) is 6.00. The highest BCUT2D eigenvalue weighted by molar-refractivity contribution is 5.87. The van der Waals surface area contributed by atoms with Crippen LogP contribution in [-0.4, -0.2) is 31.1 Å². The van der Waals surface area contributed by atoms with E-state index in [1.165, 1.54) is 27.5 Å². The van der Waals surface area contributed by atoms with Gasteiger partial charge in [0.25, 0.3) is 0 Å². The van der Waals surface area contributed by atoms with Crippen molar-refractivity contribution < 1.29 is 4.74 Å². The number of rotatable bonds is 10. The fourth-order valence-corrected chi connectivity index (χ4v) is 3.47. The van der Waals surface area contributed by atoms with Gasteiger partial charge in [-0.3, -0.25) is 0 Å². The maximum Gasteiger partial charge on any atom is 0.124 e. The normalized spacial score (nSPS) is 10.5. The summed E-state index contributed by atoms with van der Waals surface area (Å²) in [6.45, 7) is 12.2. The lowest BCUT2D eigenvalue weighted by Crippen LogP contribution is -2.31. The number of nitrogens with zero attached hydrogens (tertiary/aromatic N) is 1. The summed E-state index contributed by atoms with van der Waals surface area (Å²) in [5.41, 5.74) is 3.71. The number of halogens is 2. The zero-order valence-electron chi connectivity index (χ0n) is 18.2. The summed E-state index contributed by atoms with van der Waals surface area (Å²) in [5, 5.41) is 6.14. The van der Waals surface area contributed by atoms with Gasteiger partial charge in [-0.15, -0.1) is 24.8 Å². The molecule has 0 unspecified atom stereocenters. The van der Waals surface area contributed by atoms with Crippen molar-refractivity contribution in [2.45, 2.75) is 33.9 Å². The largest absolute Gasteiger partial charge is 0.489 e.